The molecule has 0 aliphatic carbocycles. The van der Waals surface area contributed by atoms with Gasteiger partial charge in [-0.15, -0.1) is 0 Å². The van der Waals surface area contributed by atoms with E-state index in [2.05, 4.69) is 11.4 Å². The third-order valence-electron chi connectivity index (χ3n) is 4.98. The maximum absolute atomic E-state index is 13.0. The van der Waals surface area contributed by atoms with Crippen LogP contribution in [-0.4, -0.2) is 23.7 Å². The van der Waals surface area contributed by atoms with E-state index in [4.69, 9.17) is 4.74 Å². The molecule has 0 saturated carbocycles. The molecule has 1 atom stereocenters. The number of ether oxygens (including phenoxy) is 1. The summed E-state index contributed by atoms with van der Waals surface area (Å²) in [5.41, 5.74) is 3.13. The molecule has 156 valence electrons. The smallest absolute Gasteiger partial charge is 0.337 e. The Morgan fingerprint density at radius 1 is 1.10 bits per heavy atom. The standard InChI is InChI=1S/C25H22N2O4/c1-16-21(24(28)29)23(20-12-6-10-19(14-20)15-26)22(17(2)27-16)25(30)31-13-7-11-18-8-4-3-5-9-18/h3-12,14,23,27H,13H2,1-2H3,(H,28,29). The first-order chi connectivity index (χ1) is 14.9. The molecule has 0 radical (unpaired) electrons. The molecule has 6 nitrogen and oxygen atoms in total. The Balaban J connectivity index is 1.91. The molecule has 0 spiro atoms. The van der Waals surface area contributed by atoms with Crippen molar-refractivity contribution in [2.75, 3.05) is 6.61 Å². The number of nitrogens with one attached hydrogen (secondary N) is 1. The molecule has 6 heteroatoms. The Kier molecular flexibility index (Phi) is 6.68. The molecule has 2 N–H and O–H groups in total. The summed E-state index contributed by atoms with van der Waals surface area (Å²) < 4.78 is 5.44. The number of aliphatic carboxylic acids is 1. The Morgan fingerprint density at radius 3 is 2.48 bits per heavy atom. The number of nitrogens with zero attached hydrogens (tertiary/aromatic N) is 1. The topological polar surface area (TPSA) is 99.4 Å². The van der Waals surface area contributed by atoms with Gasteiger partial charge in [-0.05, 0) is 43.2 Å². The second kappa shape index (κ2) is 9.59. The number of carboxylic acid groups (broad SMARTS) is 1. The summed E-state index contributed by atoms with van der Waals surface area (Å²) in [7, 11) is 0. The predicted molar refractivity (Wildman–Crippen MR) is 117 cm³/mol. The molecule has 1 unspecified atom stereocenters. The number of hydrogen-bond acceptors (Lipinski definition) is 5. The number of rotatable bonds is 6. The normalized spacial score (nSPS) is 16.1. The SMILES string of the molecule is CC1=C(C(=O)O)C(c2cccc(C#N)c2)C(C(=O)OCC=Cc2ccccc2)=C(C)N1. The van der Waals surface area contributed by atoms with Gasteiger partial charge in [0.25, 0.3) is 0 Å². The fraction of sp³-hybridized carbons (Fsp3) is 0.160. The lowest BCUT2D eigenvalue weighted by atomic mass is 9.80. The van der Waals surface area contributed by atoms with Gasteiger partial charge < -0.3 is 15.2 Å². The zero-order valence-electron chi connectivity index (χ0n) is 17.3. The lowest BCUT2D eigenvalue weighted by molar-refractivity contribution is -0.138. The van der Waals surface area contributed by atoms with E-state index in [1.165, 1.54) is 0 Å². The first-order valence-electron chi connectivity index (χ1n) is 9.73. The molecule has 0 amide bonds. The number of nitriles is 1. The number of allylic oxidation sites excluding steroid dienone is 2. The van der Waals surface area contributed by atoms with E-state index < -0.39 is 17.9 Å². The number of benzene rings is 2. The van der Waals surface area contributed by atoms with Crippen molar-refractivity contribution in [2.24, 2.45) is 0 Å². The van der Waals surface area contributed by atoms with Crippen LogP contribution in [0, 0.1) is 11.3 Å². The van der Waals surface area contributed by atoms with E-state index in [0.29, 0.717) is 22.5 Å². The number of esters is 1. The molecule has 0 fully saturated rings. The molecule has 3 rings (SSSR count). The van der Waals surface area contributed by atoms with E-state index in [9.17, 15) is 20.0 Å². The first-order valence-corrected chi connectivity index (χ1v) is 9.73. The lowest BCUT2D eigenvalue weighted by Gasteiger charge is -2.29. The van der Waals surface area contributed by atoms with Gasteiger partial charge >= 0.3 is 11.9 Å². The van der Waals surface area contributed by atoms with E-state index >= 15 is 0 Å². The molecular weight excluding hydrogens is 392 g/mol. The summed E-state index contributed by atoms with van der Waals surface area (Å²) in [5, 5.41) is 22.1. The molecule has 0 aromatic heterocycles. The van der Waals surface area contributed by atoms with Gasteiger partial charge in [-0.3, -0.25) is 0 Å². The van der Waals surface area contributed by atoms with E-state index in [1.807, 2.05) is 36.4 Å². The van der Waals surface area contributed by atoms with Crippen LogP contribution in [0.1, 0.15) is 36.5 Å². The minimum Gasteiger partial charge on any atom is -0.478 e. The van der Waals surface area contributed by atoms with Crippen LogP contribution in [0.5, 0.6) is 0 Å². The molecule has 1 heterocycles. The summed E-state index contributed by atoms with van der Waals surface area (Å²) >= 11 is 0. The van der Waals surface area contributed by atoms with Crippen LogP contribution in [0.25, 0.3) is 6.08 Å². The second-order valence-electron chi connectivity index (χ2n) is 7.09. The van der Waals surface area contributed by atoms with Gasteiger partial charge in [0.15, 0.2) is 0 Å². The van der Waals surface area contributed by atoms with Gasteiger partial charge in [-0.1, -0.05) is 48.5 Å². The van der Waals surface area contributed by atoms with Crippen molar-refractivity contribution in [1.82, 2.24) is 5.32 Å². The van der Waals surface area contributed by atoms with Crippen LogP contribution in [0.4, 0.5) is 0 Å². The van der Waals surface area contributed by atoms with Crippen molar-refractivity contribution < 1.29 is 19.4 Å². The zero-order chi connectivity index (χ0) is 22.4. The minimum atomic E-state index is -1.14. The third-order valence-corrected chi connectivity index (χ3v) is 4.98. The first kappa shape index (κ1) is 21.6. The quantitative estimate of drug-likeness (QED) is 0.690. The molecule has 2 aromatic rings. The lowest BCUT2D eigenvalue weighted by Crippen LogP contribution is -2.31. The van der Waals surface area contributed by atoms with Crippen molar-refractivity contribution in [2.45, 2.75) is 19.8 Å². The highest BCUT2D eigenvalue weighted by Gasteiger charge is 2.37. The Morgan fingerprint density at radius 2 is 1.81 bits per heavy atom. The largest absolute Gasteiger partial charge is 0.478 e. The third kappa shape index (κ3) is 4.90. The number of carbonyl (C=O) groups excluding carboxylic acids is 1. The maximum atomic E-state index is 13.0. The summed E-state index contributed by atoms with van der Waals surface area (Å²) in [6.45, 7) is 3.40. The van der Waals surface area contributed by atoms with Crippen molar-refractivity contribution >= 4 is 18.0 Å². The van der Waals surface area contributed by atoms with Crippen LogP contribution >= 0.6 is 0 Å². The summed E-state index contributed by atoms with van der Waals surface area (Å²) in [6.07, 6.45) is 3.57. The highest BCUT2D eigenvalue weighted by molar-refractivity contribution is 5.99. The van der Waals surface area contributed by atoms with Gasteiger partial charge in [-0.25, -0.2) is 9.59 Å². The highest BCUT2D eigenvalue weighted by Crippen LogP contribution is 2.38. The van der Waals surface area contributed by atoms with E-state index in [-0.39, 0.29) is 17.8 Å². The van der Waals surface area contributed by atoms with Crippen LogP contribution in [-0.2, 0) is 14.3 Å². The average molecular weight is 414 g/mol. The Hall–Kier alpha value is -4.11. The average Bonchev–Trinajstić information content (AvgIpc) is 2.76. The van der Waals surface area contributed by atoms with Crippen molar-refractivity contribution in [3.63, 3.8) is 0 Å². The number of hydrogen-bond donors (Lipinski definition) is 2. The van der Waals surface area contributed by atoms with Crippen LogP contribution in [0.2, 0.25) is 0 Å². The van der Waals surface area contributed by atoms with Crippen LogP contribution < -0.4 is 5.32 Å². The zero-order valence-corrected chi connectivity index (χ0v) is 17.3. The summed E-state index contributed by atoms with van der Waals surface area (Å²) in [5.74, 6) is -2.60. The number of carbonyl (C=O) groups is 2. The minimum absolute atomic E-state index is 0.0422. The molecule has 0 saturated heterocycles. The van der Waals surface area contributed by atoms with E-state index in [0.717, 1.165) is 5.56 Å². The molecule has 1 aliphatic heterocycles. The fourth-order valence-corrected chi connectivity index (χ4v) is 3.62. The molecule has 31 heavy (non-hydrogen) atoms. The van der Waals surface area contributed by atoms with Crippen LogP contribution in [0.15, 0.2) is 83.2 Å². The number of carboxylic acids is 1. The molecule has 1 aliphatic rings. The fourth-order valence-electron chi connectivity index (χ4n) is 3.62. The van der Waals surface area contributed by atoms with Gasteiger partial charge in [0.2, 0.25) is 0 Å². The van der Waals surface area contributed by atoms with Gasteiger partial charge in [0.05, 0.1) is 28.7 Å². The monoisotopic (exact) mass is 414 g/mol. The molecule has 2 aromatic carbocycles. The highest BCUT2D eigenvalue weighted by atomic mass is 16.5. The van der Waals surface area contributed by atoms with E-state index in [1.54, 1.807) is 44.2 Å². The molecule has 0 bridgehead atoms. The maximum Gasteiger partial charge on any atom is 0.337 e. The van der Waals surface area contributed by atoms with Gasteiger partial charge in [0.1, 0.15) is 6.61 Å². The Bertz CT molecular complexity index is 1140. The van der Waals surface area contributed by atoms with Crippen molar-refractivity contribution in [1.29, 1.82) is 5.26 Å². The van der Waals surface area contributed by atoms with Crippen LogP contribution in [0.3, 0.4) is 0 Å². The predicted octanol–water partition coefficient (Wildman–Crippen LogP) is 4.13. The van der Waals surface area contributed by atoms with Crippen molar-refractivity contribution in [3.8, 4) is 6.07 Å². The van der Waals surface area contributed by atoms with Crippen molar-refractivity contribution in [3.05, 3.63) is 99.9 Å². The van der Waals surface area contributed by atoms with Gasteiger partial charge in [0, 0.05) is 11.4 Å². The summed E-state index contributed by atoms with van der Waals surface area (Å²) in [6, 6.07) is 18.3. The number of dihydropyridines is 1. The van der Waals surface area contributed by atoms with Gasteiger partial charge in [-0.2, -0.15) is 5.26 Å². The second-order valence-corrected chi connectivity index (χ2v) is 7.09. The molecular formula is C25H22N2O4. The summed E-state index contributed by atoms with van der Waals surface area (Å²) in [4.78, 5) is 25.0. The Labute approximate surface area is 180 Å².